The Morgan fingerprint density at radius 3 is 2.73 bits per heavy atom. The summed E-state index contributed by atoms with van der Waals surface area (Å²) in [5.41, 5.74) is 0. The van der Waals surface area contributed by atoms with Crippen molar-refractivity contribution < 1.29 is 9.13 Å². The number of halogens is 3. The van der Waals surface area contributed by atoms with Crippen molar-refractivity contribution >= 4 is 27.5 Å². The van der Waals surface area contributed by atoms with Crippen LogP contribution in [0.25, 0.3) is 0 Å². The minimum Gasteiger partial charge on any atom is -0.495 e. The zero-order valence-corrected chi connectivity index (χ0v) is 8.04. The molecule has 0 aliphatic carbocycles. The molecule has 1 rings (SSSR count). The normalized spacial score (nSPS) is 9.82. The van der Waals surface area contributed by atoms with Crippen molar-refractivity contribution in [1.29, 1.82) is 0 Å². The summed E-state index contributed by atoms with van der Waals surface area (Å²) in [4.78, 5) is 0. The lowest BCUT2D eigenvalue weighted by Gasteiger charge is -2.03. The van der Waals surface area contributed by atoms with E-state index in [2.05, 4.69) is 15.9 Å². The number of rotatable bonds is 1. The van der Waals surface area contributed by atoms with Gasteiger partial charge in [0.1, 0.15) is 11.6 Å². The summed E-state index contributed by atoms with van der Waals surface area (Å²) in [6.45, 7) is 0. The van der Waals surface area contributed by atoms with E-state index < -0.39 is 0 Å². The molecule has 4 heteroatoms. The molecule has 0 saturated heterocycles. The fourth-order valence-corrected chi connectivity index (χ4v) is 1.28. The summed E-state index contributed by atoms with van der Waals surface area (Å²) >= 11 is 8.81. The predicted molar refractivity (Wildman–Crippen MR) is 45.7 cm³/mol. The number of benzene rings is 1. The maximum atomic E-state index is 12.6. The molecule has 0 unspecified atom stereocenters. The van der Waals surface area contributed by atoms with Crippen molar-refractivity contribution in [1.82, 2.24) is 0 Å². The first kappa shape index (κ1) is 8.81. The Labute approximate surface area is 77.2 Å². The van der Waals surface area contributed by atoms with E-state index in [0.29, 0.717) is 15.2 Å². The zero-order chi connectivity index (χ0) is 8.43. The fourth-order valence-electron chi connectivity index (χ4n) is 0.681. The quantitative estimate of drug-likeness (QED) is 0.684. The number of methoxy groups -OCH3 is 1. The van der Waals surface area contributed by atoms with Crippen LogP contribution in [0.3, 0.4) is 0 Å². The van der Waals surface area contributed by atoms with Crippen LogP contribution in [0.1, 0.15) is 0 Å². The molecule has 0 amide bonds. The van der Waals surface area contributed by atoms with Crippen molar-refractivity contribution in [2.24, 2.45) is 0 Å². The highest BCUT2D eigenvalue weighted by molar-refractivity contribution is 9.10. The van der Waals surface area contributed by atoms with Crippen LogP contribution < -0.4 is 4.74 Å². The molecule has 0 bridgehead atoms. The molecule has 1 aromatic carbocycles. The van der Waals surface area contributed by atoms with E-state index in [1.807, 2.05) is 0 Å². The number of ether oxygens (including phenoxy) is 1. The molecule has 0 aliphatic rings. The largest absolute Gasteiger partial charge is 0.495 e. The number of hydrogen-bond acceptors (Lipinski definition) is 1. The summed E-state index contributed by atoms with van der Waals surface area (Å²) in [5, 5.41) is 0.383. The van der Waals surface area contributed by atoms with Crippen molar-refractivity contribution in [3.63, 3.8) is 0 Å². The van der Waals surface area contributed by atoms with Crippen LogP contribution in [0.15, 0.2) is 16.6 Å². The summed E-state index contributed by atoms with van der Waals surface area (Å²) in [6, 6.07) is 2.51. The van der Waals surface area contributed by atoms with Crippen LogP contribution in [-0.4, -0.2) is 7.11 Å². The second-order valence-electron chi connectivity index (χ2n) is 1.90. The minimum atomic E-state index is -0.377. The Morgan fingerprint density at radius 1 is 1.55 bits per heavy atom. The zero-order valence-electron chi connectivity index (χ0n) is 5.70. The van der Waals surface area contributed by atoms with E-state index in [0.717, 1.165) is 0 Å². The van der Waals surface area contributed by atoms with Crippen molar-refractivity contribution in [3.8, 4) is 5.75 Å². The van der Waals surface area contributed by atoms with Gasteiger partial charge in [-0.15, -0.1) is 0 Å². The highest BCUT2D eigenvalue weighted by Crippen LogP contribution is 2.32. The second kappa shape index (κ2) is 3.41. The summed E-state index contributed by atoms with van der Waals surface area (Å²) < 4.78 is 17.9. The highest BCUT2D eigenvalue weighted by Gasteiger charge is 2.06. The predicted octanol–water partition coefficient (Wildman–Crippen LogP) is 3.25. The molecular weight excluding hydrogens is 234 g/mol. The summed E-state index contributed by atoms with van der Waals surface area (Å²) in [7, 11) is 1.44. The molecule has 0 spiro atoms. The van der Waals surface area contributed by atoms with Gasteiger partial charge < -0.3 is 4.74 Å². The topological polar surface area (TPSA) is 9.23 Å². The van der Waals surface area contributed by atoms with E-state index in [4.69, 9.17) is 16.3 Å². The number of hydrogen-bond donors (Lipinski definition) is 0. The molecule has 0 atom stereocenters. The first-order valence-electron chi connectivity index (χ1n) is 2.83. The Balaban J connectivity index is 3.24. The van der Waals surface area contributed by atoms with Crippen LogP contribution in [0.2, 0.25) is 5.02 Å². The van der Waals surface area contributed by atoms with Gasteiger partial charge in [0.25, 0.3) is 0 Å². The Morgan fingerprint density at radius 2 is 2.18 bits per heavy atom. The molecule has 1 nitrogen and oxygen atoms in total. The first-order valence-corrected chi connectivity index (χ1v) is 4.00. The van der Waals surface area contributed by atoms with Gasteiger partial charge in [0.15, 0.2) is 0 Å². The van der Waals surface area contributed by atoms with E-state index in [-0.39, 0.29) is 5.82 Å². The molecule has 0 radical (unpaired) electrons. The van der Waals surface area contributed by atoms with Gasteiger partial charge >= 0.3 is 0 Å². The van der Waals surface area contributed by atoms with Crippen molar-refractivity contribution in [2.75, 3.05) is 7.11 Å². The van der Waals surface area contributed by atoms with Crippen LogP contribution in [0.5, 0.6) is 5.75 Å². The van der Waals surface area contributed by atoms with Gasteiger partial charge in [0, 0.05) is 10.5 Å². The van der Waals surface area contributed by atoms with E-state index in [1.54, 1.807) is 0 Å². The van der Waals surface area contributed by atoms with Crippen molar-refractivity contribution in [3.05, 3.63) is 27.4 Å². The SMILES string of the molecule is COc1cc(F)cc(Br)c1Cl. The fraction of sp³-hybridized carbons (Fsp3) is 0.143. The molecule has 0 N–H and O–H groups in total. The maximum Gasteiger partial charge on any atom is 0.141 e. The van der Waals surface area contributed by atoms with Gasteiger partial charge in [-0.05, 0) is 22.0 Å². The average Bonchev–Trinajstić information content (AvgIpc) is 1.96. The van der Waals surface area contributed by atoms with Gasteiger partial charge in [0.05, 0.1) is 12.1 Å². The summed E-state index contributed by atoms with van der Waals surface area (Å²) in [5.74, 6) is -0.0448. The van der Waals surface area contributed by atoms with E-state index in [1.165, 1.54) is 19.2 Å². The Hall–Kier alpha value is -0.280. The van der Waals surface area contributed by atoms with Gasteiger partial charge in [-0.2, -0.15) is 0 Å². The lowest BCUT2D eigenvalue weighted by molar-refractivity contribution is 0.411. The van der Waals surface area contributed by atoms with Crippen LogP contribution in [-0.2, 0) is 0 Å². The van der Waals surface area contributed by atoms with Crippen molar-refractivity contribution in [2.45, 2.75) is 0 Å². The lowest BCUT2D eigenvalue weighted by Crippen LogP contribution is -1.86. The second-order valence-corrected chi connectivity index (χ2v) is 3.14. The molecule has 0 heterocycles. The third-order valence-electron chi connectivity index (χ3n) is 1.18. The van der Waals surface area contributed by atoms with Crippen LogP contribution >= 0.6 is 27.5 Å². The minimum absolute atomic E-state index is 0.332. The Bertz CT molecular complexity index is 277. The molecule has 60 valence electrons. The molecule has 0 aromatic heterocycles. The molecule has 0 fully saturated rings. The van der Waals surface area contributed by atoms with Crippen LogP contribution in [0.4, 0.5) is 4.39 Å². The van der Waals surface area contributed by atoms with E-state index in [9.17, 15) is 4.39 Å². The van der Waals surface area contributed by atoms with E-state index >= 15 is 0 Å². The maximum absolute atomic E-state index is 12.6. The van der Waals surface area contributed by atoms with Gasteiger partial charge in [0.2, 0.25) is 0 Å². The monoisotopic (exact) mass is 238 g/mol. The smallest absolute Gasteiger partial charge is 0.141 e. The average molecular weight is 239 g/mol. The standard InChI is InChI=1S/C7H5BrClFO/c1-11-6-3-4(10)2-5(8)7(6)9/h2-3H,1H3. The molecular formula is C7H5BrClFO. The molecule has 11 heavy (non-hydrogen) atoms. The molecule has 0 saturated carbocycles. The highest BCUT2D eigenvalue weighted by atomic mass is 79.9. The van der Waals surface area contributed by atoms with Crippen LogP contribution in [0, 0.1) is 5.82 Å². The lowest BCUT2D eigenvalue weighted by atomic mass is 10.3. The van der Waals surface area contributed by atoms with Gasteiger partial charge in [-0.25, -0.2) is 4.39 Å². The van der Waals surface area contributed by atoms with Gasteiger partial charge in [-0.3, -0.25) is 0 Å². The Kier molecular flexibility index (Phi) is 2.73. The molecule has 1 aromatic rings. The third kappa shape index (κ3) is 1.84. The van der Waals surface area contributed by atoms with Gasteiger partial charge in [-0.1, -0.05) is 11.6 Å². The molecule has 0 aliphatic heterocycles. The third-order valence-corrected chi connectivity index (χ3v) is 2.42. The summed E-state index contributed by atoms with van der Waals surface area (Å²) in [6.07, 6.45) is 0. The first-order chi connectivity index (χ1) is 5.15.